The molecule has 0 fully saturated rings. The molecule has 0 heterocycles. The molecule has 2 rings (SSSR count). The van der Waals surface area contributed by atoms with Crippen molar-refractivity contribution in [2.75, 3.05) is 5.73 Å². The summed E-state index contributed by atoms with van der Waals surface area (Å²) >= 11 is 0. The summed E-state index contributed by atoms with van der Waals surface area (Å²) in [5, 5.41) is 0. The van der Waals surface area contributed by atoms with Gasteiger partial charge < -0.3 is 5.73 Å². The Hall–Kier alpha value is -2.42. The van der Waals surface area contributed by atoms with Gasteiger partial charge >= 0.3 is 0 Å². The first-order valence-electron chi connectivity index (χ1n) is 5.73. The minimum Gasteiger partial charge on any atom is -0.399 e. The van der Waals surface area contributed by atoms with E-state index in [0.29, 0.717) is 0 Å². The Labute approximate surface area is 107 Å². The normalized spacial score (nSPS) is 11.4. The van der Waals surface area contributed by atoms with Crippen molar-refractivity contribution in [2.24, 2.45) is 9.98 Å². The quantitative estimate of drug-likeness (QED) is 0.642. The van der Waals surface area contributed by atoms with Crippen LogP contribution in [0.2, 0.25) is 0 Å². The maximum atomic E-state index is 5.59. The Bertz CT molecular complexity index is 498. The molecule has 2 aromatic carbocycles. The number of nitrogens with two attached hydrogens (primary N) is 1. The minimum atomic E-state index is 0.738. The highest BCUT2D eigenvalue weighted by Gasteiger charge is 1.87. The summed E-state index contributed by atoms with van der Waals surface area (Å²) in [7, 11) is 0. The summed E-state index contributed by atoms with van der Waals surface area (Å²) < 4.78 is 0. The van der Waals surface area contributed by atoms with Crippen molar-refractivity contribution < 1.29 is 0 Å². The molecule has 0 aliphatic rings. The molecule has 0 aliphatic heterocycles. The van der Waals surface area contributed by atoms with Gasteiger partial charge in [-0.25, -0.2) is 0 Å². The van der Waals surface area contributed by atoms with E-state index >= 15 is 0 Å². The van der Waals surface area contributed by atoms with Crippen molar-refractivity contribution in [1.82, 2.24) is 0 Å². The molecular formula is C15H15N3. The van der Waals surface area contributed by atoms with Crippen LogP contribution in [0.1, 0.15) is 5.56 Å². The molecule has 0 saturated carbocycles. The second-order valence-electron chi connectivity index (χ2n) is 3.98. The van der Waals surface area contributed by atoms with Gasteiger partial charge in [0.05, 0.1) is 11.4 Å². The Balaban J connectivity index is 1.98. The highest BCUT2D eigenvalue weighted by molar-refractivity contribution is 6.17. The van der Waals surface area contributed by atoms with E-state index in [-0.39, 0.29) is 0 Å². The molecule has 0 aromatic heterocycles. The van der Waals surface area contributed by atoms with Crippen molar-refractivity contribution in [2.45, 2.75) is 6.92 Å². The number of hydrogen-bond acceptors (Lipinski definition) is 3. The zero-order chi connectivity index (χ0) is 12.8. The van der Waals surface area contributed by atoms with E-state index in [1.807, 2.05) is 48.5 Å². The van der Waals surface area contributed by atoms with Crippen LogP contribution in [0, 0.1) is 6.92 Å². The van der Waals surface area contributed by atoms with Crippen LogP contribution in [0.25, 0.3) is 0 Å². The standard InChI is InChI=1S/C15H15N3/c1-12-2-6-14(7-3-12)17-10-11-18-15-8-4-13(16)5-9-15/h2-11H,16H2,1H3. The van der Waals surface area contributed by atoms with Gasteiger partial charge in [-0.15, -0.1) is 0 Å². The predicted molar refractivity (Wildman–Crippen MR) is 78.3 cm³/mol. The van der Waals surface area contributed by atoms with E-state index in [2.05, 4.69) is 16.9 Å². The SMILES string of the molecule is Cc1ccc(N=CC=Nc2ccc(N)cc2)cc1. The monoisotopic (exact) mass is 237 g/mol. The van der Waals surface area contributed by atoms with Crippen molar-refractivity contribution in [1.29, 1.82) is 0 Å². The molecule has 3 heteroatoms. The number of hydrogen-bond donors (Lipinski definition) is 1. The molecule has 0 atom stereocenters. The third-order valence-corrected chi connectivity index (χ3v) is 2.44. The molecule has 18 heavy (non-hydrogen) atoms. The fourth-order valence-electron chi connectivity index (χ4n) is 1.43. The van der Waals surface area contributed by atoms with Gasteiger partial charge in [-0.2, -0.15) is 0 Å². The van der Waals surface area contributed by atoms with E-state index in [4.69, 9.17) is 5.73 Å². The maximum Gasteiger partial charge on any atom is 0.0631 e. The van der Waals surface area contributed by atoms with E-state index < -0.39 is 0 Å². The second-order valence-corrected chi connectivity index (χ2v) is 3.98. The van der Waals surface area contributed by atoms with Crippen LogP contribution < -0.4 is 5.73 Å². The predicted octanol–water partition coefficient (Wildman–Crippen LogP) is 3.68. The number of anilines is 1. The number of nitrogen functional groups attached to an aromatic ring is 1. The molecular weight excluding hydrogens is 222 g/mol. The maximum absolute atomic E-state index is 5.59. The Morgan fingerprint density at radius 1 is 0.778 bits per heavy atom. The summed E-state index contributed by atoms with van der Waals surface area (Å²) in [6.45, 7) is 2.05. The van der Waals surface area contributed by atoms with Gasteiger partial charge in [0, 0.05) is 18.1 Å². The number of nitrogens with zero attached hydrogens (tertiary/aromatic N) is 2. The van der Waals surface area contributed by atoms with E-state index in [9.17, 15) is 0 Å². The molecule has 0 amide bonds. The van der Waals surface area contributed by atoms with Gasteiger partial charge in [0.1, 0.15) is 0 Å². The summed E-state index contributed by atoms with van der Waals surface area (Å²) in [6, 6.07) is 15.4. The van der Waals surface area contributed by atoms with Crippen molar-refractivity contribution in [3.63, 3.8) is 0 Å². The van der Waals surface area contributed by atoms with Crippen LogP contribution >= 0.6 is 0 Å². The highest BCUT2D eigenvalue weighted by atomic mass is 14.8. The summed E-state index contributed by atoms with van der Waals surface area (Å²) in [6.07, 6.45) is 3.35. The lowest BCUT2D eigenvalue weighted by Crippen LogP contribution is -1.81. The zero-order valence-corrected chi connectivity index (χ0v) is 10.2. The summed E-state index contributed by atoms with van der Waals surface area (Å²) in [5.41, 5.74) is 9.34. The van der Waals surface area contributed by atoms with Crippen LogP contribution in [-0.4, -0.2) is 12.4 Å². The first-order chi connectivity index (χ1) is 8.74. The lowest BCUT2D eigenvalue weighted by atomic mass is 10.2. The van der Waals surface area contributed by atoms with Gasteiger partial charge in [0.2, 0.25) is 0 Å². The third-order valence-electron chi connectivity index (χ3n) is 2.44. The molecule has 2 aromatic rings. The molecule has 0 unspecified atom stereocenters. The smallest absolute Gasteiger partial charge is 0.0631 e. The van der Waals surface area contributed by atoms with Crippen molar-refractivity contribution >= 4 is 29.5 Å². The Kier molecular flexibility index (Phi) is 3.86. The van der Waals surface area contributed by atoms with Crippen LogP contribution in [0.4, 0.5) is 17.1 Å². The fourth-order valence-corrected chi connectivity index (χ4v) is 1.43. The van der Waals surface area contributed by atoms with E-state index in [1.54, 1.807) is 12.4 Å². The minimum absolute atomic E-state index is 0.738. The van der Waals surface area contributed by atoms with Gasteiger partial charge in [-0.3, -0.25) is 9.98 Å². The number of benzene rings is 2. The molecule has 0 aliphatic carbocycles. The fraction of sp³-hybridized carbons (Fsp3) is 0.0667. The van der Waals surface area contributed by atoms with Gasteiger partial charge in [-0.05, 0) is 43.3 Å². The van der Waals surface area contributed by atoms with Crippen LogP contribution in [0.3, 0.4) is 0 Å². The molecule has 0 spiro atoms. The first kappa shape index (κ1) is 12.0. The summed E-state index contributed by atoms with van der Waals surface area (Å²) in [5.74, 6) is 0. The molecule has 0 bridgehead atoms. The third kappa shape index (κ3) is 3.56. The first-order valence-corrected chi connectivity index (χ1v) is 5.73. The van der Waals surface area contributed by atoms with Crippen LogP contribution in [0.15, 0.2) is 58.5 Å². The lowest BCUT2D eigenvalue weighted by molar-refractivity contribution is 1.44. The van der Waals surface area contributed by atoms with Crippen molar-refractivity contribution in [3.05, 3.63) is 54.1 Å². The van der Waals surface area contributed by atoms with Gasteiger partial charge in [-0.1, -0.05) is 17.7 Å². The summed E-state index contributed by atoms with van der Waals surface area (Å²) in [4.78, 5) is 8.53. The van der Waals surface area contributed by atoms with Crippen LogP contribution in [-0.2, 0) is 0 Å². The van der Waals surface area contributed by atoms with Gasteiger partial charge in [0.25, 0.3) is 0 Å². The molecule has 90 valence electrons. The zero-order valence-electron chi connectivity index (χ0n) is 10.2. The molecule has 2 N–H and O–H groups in total. The number of rotatable bonds is 3. The largest absolute Gasteiger partial charge is 0.399 e. The average molecular weight is 237 g/mol. The van der Waals surface area contributed by atoms with E-state index in [1.165, 1.54) is 5.56 Å². The number of aryl methyl sites for hydroxylation is 1. The Morgan fingerprint density at radius 2 is 1.22 bits per heavy atom. The average Bonchev–Trinajstić information content (AvgIpc) is 2.39. The van der Waals surface area contributed by atoms with E-state index in [0.717, 1.165) is 17.1 Å². The highest BCUT2D eigenvalue weighted by Crippen LogP contribution is 2.13. The van der Waals surface area contributed by atoms with Crippen LogP contribution in [0.5, 0.6) is 0 Å². The molecule has 0 radical (unpaired) electrons. The lowest BCUT2D eigenvalue weighted by Gasteiger charge is -1.94. The Morgan fingerprint density at radius 3 is 1.72 bits per heavy atom. The topological polar surface area (TPSA) is 50.7 Å². The van der Waals surface area contributed by atoms with Gasteiger partial charge in [0.15, 0.2) is 0 Å². The number of aliphatic imine (C=N–C) groups is 2. The van der Waals surface area contributed by atoms with Crippen molar-refractivity contribution in [3.8, 4) is 0 Å². The molecule has 0 saturated heterocycles. The second kappa shape index (κ2) is 5.77. The molecule has 3 nitrogen and oxygen atoms in total.